The van der Waals surface area contributed by atoms with Crippen LogP contribution in [0.1, 0.15) is 15.9 Å². The van der Waals surface area contributed by atoms with E-state index in [0.717, 1.165) is 65.7 Å². The molecule has 6 nitrogen and oxygen atoms in total. The summed E-state index contributed by atoms with van der Waals surface area (Å²) in [5, 5.41) is 8.44. The van der Waals surface area contributed by atoms with E-state index in [9.17, 15) is 4.79 Å². The van der Waals surface area contributed by atoms with Crippen molar-refractivity contribution in [3.8, 4) is 11.5 Å². The van der Waals surface area contributed by atoms with Crippen LogP contribution < -0.4 is 10.6 Å². The molecular weight excluding hydrogens is 436 g/mol. The van der Waals surface area contributed by atoms with Crippen molar-refractivity contribution >= 4 is 33.5 Å². The van der Waals surface area contributed by atoms with Crippen molar-refractivity contribution in [2.24, 2.45) is 0 Å². The lowest BCUT2D eigenvalue weighted by atomic mass is 10.0. The van der Waals surface area contributed by atoms with Crippen molar-refractivity contribution in [1.82, 2.24) is 15.2 Å². The van der Waals surface area contributed by atoms with Gasteiger partial charge in [0.15, 0.2) is 5.58 Å². The zero-order valence-corrected chi connectivity index (χ0v) is 19.3. The molecule has 2 heterocycles. The van der Waals surface area contributed by atoms with E-state index in [2.05, 4.69) is 21.6 Å². The van der Waals surface area contributed by atoms with Crippen molar-refractivity contribution in [2.45, 2.75) is 6.54 Å². The van der Waals surface area contributed by atoms with Crippen molar-refractivity contribution in [2.75, 3.05) is 31.5 Å². The highest BCUT2D eigenvalue weighted by Gasteiger charge is 2.18. The molecule has 0 unspecified atom stereocenters. The second-order valence-electron chi connectivity index (χ2n) is 8.84. The standard InChI is InChI=1S/C29H26N4O2/c34-28(23-12-5-8-20-7-1-2-10-22(20)23)31-25-13-4-3-11-24(25)29-32-26-14-6-9-21(27(26)35-29)19-33-17-15-30-16-18-33/h1-14,30H,15-19H2,(H,31,34). The summed E-state index contributed by atoms with van der Waals surface area (Å²) in [6, 6.07) is 27.4. The number of aromatic nitrogens is 1. The number of carbonyl (C=O) groups excluding carboxylic acids is 1. The SMILES string of the molecule is O=C(Nc1ccccc1-c1nc2cccc(CN3CCNCC3)c2o1)c1cccc2ccccc12. The van der Waals surface area contributed by atoms with Crippen LogP contribution in [-0.4, -0.2) is 42.0 Å². The Hall–Kier alpha value is -4.00. The number of carbonyl (C=O) groups is 1. The number of hydrogen-bond acceptors (Lipinski definition) is 5. The molecule has 1 aliphatic rings. The molecule has 0 saturated carbocycles. The smallest absolute Gasteiger partial charge is 0.256 e. The molecule has 4 aromatic carbocycles. The summed E-state index contributed by atoms with van der Waals surface area (Å²) in [4.78, 5) is 20.5. The minimum atomic E-state index is -0.162. The minimum absolute atomic E-state index is 0.162. The summed E-state index contributed by atoms with van der Waals surface area (Å²) in [6.45, 7) is 4.86. The monoisotopic (exact) mass is 462 g/mol. The van der Waals surface area contributed by atoms with E-state index < -0.39 is 0 Å². The summed E-state index contributed by atoms with van der Waals surface area (Å²) in [7, 11) is 0. The molecule has 5 aromatic rings. The normalized spacial score (nSPS) is 14.4. The zero-order chi connectivity index (χ0) is 23.6. The van der Waals surface area contributed by atoms with Crippen molar-refractivity contribution < 1.29 is 9.21 Å². The summed E-state index contributed by atoms with van der Waals surface area (Å²) < 4.78 is 6.32. The number of nitrogens with one attached hydrogen (secondary N) is 2. The molecule has 1 aliphatic heterocycles. The third-order valence-electron chi connectivity index (χ3n) is 6.54. The molecule has 0 atom stereocenters. The highest BCUT2D eigenvalue weighted by Crippen LogP contribution is 2.32. The molecule has 0 bridgehead atoms. The fourth-order valence-electron chi connectivity index (χ4n) is 4.75. The van der Waals surface area contributed by atoms with E-state index >= 15 is 0 Å². The molecule has 0 aliphatic carbocycles. The number of hydrogen-bond donors (Lipinski definition) is 2. The van der Waals surface area contributed by atoms with Gasteiger partial charge in [-0.05, 0) is 35.0 Å². The van der Waals surface area contributed by atoms with Crippen LogP contribution in [0.2, 0.25) is 0 Å². The Bertz CT molecular complexity index is 1510. The highest BCUT2D eigenvalue weighted by molar-refractivity contribution is 6.13. The van der Waals surface area contributed by atoms with Gasteiger partial charge in [-0.15, -0.1) is 0 Å². The summed E-state index contributed by atoms with van der Waals surface area (Å²) >= 11 is 0. The number of rotatable bonds is 5. The summed E-state index contributed by atoms with van der Waals surface area (Å²) in [5.41, 5.74) is 4.80. The average molecular weight is 463 g/mol. The fourth-order valence-corrected chi connectivity index (χ4v) is 4.75. The third-order valence-corrected chi connectivity index (χ3v) is 6.54. The van der Waals surface area contributed by atoms with Crippen LogP contribution >= 0.6 is 0 Å². The van der Waals surface area contributed by atoms with Gasteiger partial charge in [-0.2, -0.15) is 0 Å². The van der Waals surface area contributed by atoms with Gasteiger partial charge < -0.3 is 15.1 Å². The summed E-state index contributed by atoms with van der Waals surface area (Å²) in [5.74, 6) is 0.339. The van der Waals surface area contributed by atoms with Gasteiger partial charge in [0.25, 0.3) is 5.91 Å². The van der Waals surface area contributed by atoms with Crippen LogP contribution in [0.25, 0.3) is 33.3 Å². The maximum atomic E-state index is 13.3. The van der Waals surface area contributed by atoms with Gasteiger partial charge >= 0.3 is 0 Å². The molecule has 1 saturated heterocycles. The molecule has 174 valence electrons. The fraction of sp³-hybridized carbons (Fsp3) is 0.172. The van der Waals surface area contributed by atoms with Gasteiger partial charge in [0.1, 0.15) is 5.52 Å². The second kappa shape index (κ2) is 9.33. The first-order valence-corrected chi connectivity index (χ1v) is 12.0. The Morgan fingerprint density at radius 2 is 1.69 bits per heavy atom. The zero-order valence-electron chi connectivity index (χ0n) is 19.3. The second-order valence-corrected chi connectivity index (χ2v) is 8.84. The Labute approximate surface area is 203 Å². The van der Waals surface area contributed by atoms with Gasteiger partial charge in [0.05, 0.1) is 11.3 Å². The lowest BCUT2D eigenvalue weighted by Gasteiger charge is -2.27. The predicted molar refractivity (Wildman–Crippen MR) is 139 cm³/mol. The predicted octanol–water partition coefficient (Wildman–Crippen LogP) is 5.31. The molecule has 1 amide bonds. The number of nitrogens with zero attached hydrogens (tertiary/aromatic N) is 2. The maximum Gasteiger partial charge on any atom is 0.256 e. The van der Waals surface area contributed by atoms with E-state index in [1.165, 1.54) is 0 Å². The minimum Gasteiger partial charge on any atom is -0.436 e. The van der Waals surface area contributed by atoms with Crippen LogP contribution in [0.15, 0.2) is 89.3 Å². The quantitative estimate of drug-likeness (QED) is 0.371. The molecule has 6 rings (SSSR count). The molecule has 0 radical (unpaired) electrons. The number of fused-ring (bicyclic) bond motifs is 2. The van der Waals surface area contributed by atoms with Crippen LogP contribution in [0, 0.1) is 0 Å². The topological polar surface area (TPSA) is 70.4 Å². The van der Waals surface area contributed by atoms with E-state index in [1.807, 2.05) is 78.9 Å². The average Bonchev–Trinajstić information content (AvgIpc) is 3.34. The molecular formula is C29H26N4O2. The van der Waals surface area contributed by atoms with Gasteiger partial charge in [-0.1, -0.05) is 60.7 Å². The van der Waals surface area contributed by atoms with E-state index in [4.69, 9.17) is 9.40 Å². The lowest BCUT2D eigenvalue weighted by Crippen LogP contribution is -2.42. The van der Waals surface area contributed by atoms with Crippen LogP contribution in [0.5, 0.6) is 0 Å². The van der Waals surface area contributed by atoms with E-state index in [0.29, 0.717) is 17.1 Å². The lowest BCUT2D eigenvalue weighted by molar-refractivity contribution is 0.102. The van der Waals surface area contributed by atoms with Gasteiger partial charge in [-0.25, -0.2) is 4.98 Å². The Kier molecular flexibility index (Phi) is 5.74. The van der Waals surface area contributed by atoms with Gasteiger partial charge in [-0.3, -0.25) is 9.69 Å². The number of amides is 1. The molecule has 1 fully saturated rings. The maximum absolute atomic E-state index is 13.3. The van der Waals surface area contributed by atoms with E-state index in [-0.39, 0.29) is 5.91 Å². The highest BCUT2D eigenvalue weighted by atomic mass is 16.3. The van der Waals surface area contributed by atoms with Gasteiger partial charge in [0.2, 0.25) is 5.89 Å². The Morgan fingerprint density at radius 1 is 0.914 bits per heavy atom. The Balaban J connectivity index is 1.33. The first-order chi connectivity index (χ1) is 17.3. The molecule has 35 heavy (non-hydrogen) atoms. The number of oxazole rings is 1. The van der Waals surface area contributed by atoms with E-state index in [1.54, 1.807) is 0 Å². The molecule has 6 heteroatoms. The first kappa shape index (κ1) is 21.5. The van der Waals surface area contributed by atoms with Gasteiger partial charge in [0, 0.05) is 43.9 Å². The number of benzene rings is 4. The van der Waals surface area contributed by atoms with Crippen molar-refractivity contribution in [3.05, 3.63) is 96.1 Å². The van der Waals surface area contributed by atoms with Crippen molar-refractivity contribution in [3.63, 3.8) is 0 Å². The molecule has 2 N–H and O–H groups in total. The van der Waals surface area contributed by atoms with Crippen molar-refractivity contribution in [1.29, 1.82) is 0 Å². The summed E-state index contributed by atoms with van der Waals surface area (Å²) in [6.07, 6.45) is 0. The Morgan fingerprint density at radius 3 is 2.60 bits per heavy atom. The number of anilines is 1. The largest absolute Gasteiger partial charge is 0.436 e. The first-order valence-electron chi connectivity index (χ1n) is 12.0. The number of para-hydroxylation sites is 2. The van der Waals surface area contributed by atoms with Crippen LogP contribution in [0.4, 0.5) is 5.69 Å². The van der Waals surface area contributed by atoms with Crippen LogP contribution in [0.3, 0.4) is 0 Å². The molecule has 1 aromatic heterocycles. The molecule has 0 spiro atoms. The number of piperazine rings is 1. The third kappa shape index (κ3) is 4.30. The van der Waals surface area contributed by atoms with Crippen LogP contribution in [-0.2, 0) is 6.54 Å².